The van der Waals surface area contributed by atoms with Gasteiger partial charge in [0.1, 0.15) is 10.8 Å². The molecule has 1 aliphatic rings. The van der Waals surface area contributed by atoms with Crippen molar-refractivity contribution in [2.24, 2.45) is 5.92 Å². The zero-order valence-electron chi connectivity index (χ0n) is 16.4. The Hall–Kier alpha value is -2.80. The van der Waals surface area contributed by atoms with Crippen LogP contribution in [-0.2, 0) is 11.3 Å². The molecule has 3 aromatic rings. The molecule has 2 aromatic heterocycles. The average Bonchev–Trinajstić information content (AvgIpc) is 3.26. The van der Waals surface area contributed by atoms with Crippen LogP contribution in [-0.4, -0.2) is 29.0 Å². The molecule has 1 unspecified atom stereocenters. The van der Waals surface area contributed by atoms with Crippen molar-refractivity contribution >= 4 is 23.5 Å². The minimum Gasteiger partial charge on any atom is -0.467 e. The zero-order valence-corrected chi connectivity index (χ0v) is 17.2. The summed E-state index contributed by atoms with van der Waals surface area (Å²) in [5.41, 5.74) is 1.21. The lowest BCUT2D eigenvalue weighted by molar-refractivity contribution is -0.125. The second kappa shape index (κ2) is 9.13. The van der Waals surface area contributed by atoms with E-state index in [0.29, 0.717) is 13.1 Å². The van der Waals surface area contributed by atoms with Gasteiger partial charge in [0, 0.05) is 30.4 Å². The van der Waals surface area contributed by atoms with Gasteiger partial charge in [-0.05, 0) is 44.0 Å². The fourth-order valence-electron chi connectivity index (χ4n) is 3.51. The molecule has 3 heterocycles. The Morgan fingerprint density at radius 3 is 3.00 bits per heavy atom. The van der Waals surface area contributed by atoms with Gasteiger partial charge in [-0.1, -0.05) is 29.5 Å². The first-order valence-electron chi connectivity index (χ1n) is 9.79. The highest BCUT2D eigenvalue weighted by Gasteiger charge is 2.28. The molecule has 1 aromatic carbocycles. The predicted molar refractivity (Wildman–Crippen MR) is 113 cm³/mol. The van der Waals surface area contributed by atoms with Crippen LogP contribution in [0.1, 0.15) is 24.2 Å². The minimum absolute atomic E-state index is 0.0582. The number of hydrogen-bond acceptors (Lipinski definition) is 6. The van der Waals surface area contributed by atoms with E-state index >= 15 is 0 Å². The van der Waals surface area contributed by atoms with Crippen molar-refractivity contribution in [2.75, 3.05) is 18.0 Å². The molecule has 7 heteroatoms. The Morgan fingerprint density at radius 2 is 2.17 bits per heavy atom. The fourth-order valence-corrected chi connectivity index (χ4v) is 4.51. The summed E-state index contributed by atoms with van der Waals surface area (Å²) in [6.07, 6.45) is 6.88. The Balaban J connectivity index is 1.44. The second-order valence-corrected chi connectivity index (χ2v) is 8.25. The number of nitrogens with one attached hydrogen (secondary N) is 1. The predicted octanol–water partition coefficient (Wildman–Crippen LogP) is 4.06. The maximum atomic E-state index is 12.7. The molecule has 1 aliphatic heterocycles. The van der Waals surface area contributed by atoms with Gasteiger partial charge in [-0.3, -0.25) is 4.79 Å². The van der Waals surface area contributed by atoms with Gasteiger partial charge in [-0.2, -0.15) is 0 Å². The van der Waals surface area contributed by atoms with Gasteiger partial charge in [-0.25, -0.2) is 9.97 Å². The number of benzene rings is 1. The molecule has 1 saturated heterocycles. The third-order valence-electron chi connectivity index (χ3n) is 4.96. The summed E-state index contributed by atoms with van der Waals surface area (Å²) in [5.74, 6) is 1.60. The van der Waals surface area contributed by atoms with E-state index < -0.39 is 0 Å². The van der Waals surface area contributed by atoms with Crippen molar-refractivity contribution < 1.29 is 9.21 Å². The number of carbonyl (C=O) groups excluding carboxylic acids is 1. The third-order valence-corrected chi connectivity index (χ3v) is 5.93. The van der Waals surface area contributed by atoms with Gasteiger partial charge in [0.05, 0.1) is 18.7 Å². The van der Waals surface area contributed by atoms with Crippen molar-refractivity contribution in [3.8, 4) is 0 Å². The number of piperidine rings is 1. The summed E-state index contributed by atoms with van der Waals surface area (Å²) in [5, 5.41) is 3.86. The lowest BCUT2D eigenvalue weighted by Gasteiger charge is -2.33. The van der Waals surface area contributed by atoms with E-state index in [4.69, 9.17) is 4.42 Å². The molecule has 0 spiro atoms. The Bertz CT molecular complexity index is 961. The van der Waals surface area contributed by atoms with E-state index in [0.717, 1.165) is 40.9 Å². The molecule has 29 heavy (non-hydrogen) atoms. The largest absolute Gasteiger partial charge is 0.467 e. The second-order valence-electron chi connectivity index (χ2n) is 7.19. The third kappa shape index (κ3) is 4.98. The van der Waals surface area contributed by atoms with E-state index in [2.05, 4.69) is 45.3 Å². The van der Waals surface area contributed by atoms with Crippen LogP contribution in [0.3, 0.4) is 0 Å². The maximum Gasteiger partial charge on any atom is 0.225 e. The topological polar surface area (TPSA) is 71.3 Å². The average molecular weight is 409 g/mol. The quantitative estimate of drug-likeness (QED) is 0.663. The highest BCUT2D eigenvalue weighted by molar-refractivity contribution is 7.99. The van der Waals surface area contributed by atoms with Crippen molar-refractivity contribution in [3.63, 3.8) is 0 Å². The number of anilines is 1. The van der Waals surface area contributed by atoms with E-state index in [9.17, 15) is 4.79 Å². The van der Waals surface area contributed by atoms with Crippen molar-refractivity contribution in [2.45, 2.75) is 36.2 Å². The van der Waals surface area contributed by atoms with Crippen LogP contribution in [0, 0.1) is 12.8 Å². The molecule has 0 bridgehead atoms. The standard InChI is InChI=1S/C22H24N4O2S/c1-16-5-2-8-19(13-16)29-22-20(23-9-10-24-22)26-11-3-6-17(15-26)21(27)25-14-18-7-4-12-28-18/h2,4-5,7-10,12-13,17H,3,6,11,14-15H2,1H3,(H,25,27). The summed E-state index contributed by atoms with van der Waals surface area (Å²) in [6, 6.07) is 12.0. The van der Waals surface area contributed by atoms with E-state index in [1.807, 2.05) is 18.2 Å². The molecule has 0 aliphatic carbocycles. The van der Waals surface area contributed by atoms with Gasteiger partial charge < -0.3 is 14.6 Å². The summed E-state index contributed by atoms with van der Waals surface area (Å²) in [7, 11) is 0. The molecule has 1 fully saturated rings. The van der Waals surface area contributed by atoms with Crippen LogP contribution in [0.15, 0.2) is 69.4 Å². The summed E-state index contributed by atoms with van der Waals surface area (Å²) < 4.78 is 5.30. The number of aromatic nitrogens is 2. The van der Waals surface area contributed by atoms with Gasteiger partial charge >= 0.3 is 0 Å². The Labute approximate surface area is 174 Å². The first kappa shape index (κ1) is 19.5. The minimum atomic E-state index is -0.0717. The Kier molecular flexibility index (Phi) is 6.14. The molecule has 0 saturated carbocycles. The van der Waals surface area contributed by atoms with Crippen LogP contribution in [0.5, 0.6) is 0 Å². The number of carbonyl (C=O) groups is 1. The van der Waals surface area contributed by atoms with E-state index in [1.54, 1.807) is 30.4 Å². The van der Waals surface area contributed by atoms with Crippen molar-refractivity contribution in [1.82, 2.24) is 15.3 Å². The zero-order chi connectivity index (χ0) is 20.1. The van der Waals surface area contributed by atoms with Crippen LogP contribution < -0.4 is 10.2 Å². The van der Waals surface area contributed by atoms with Gasteiger partial charge in [-0.15, -0.1) is 0 Å². The van der Waals surface area contributed by atoms with Gasteiger partial charge in [0.25, 0.3) is 0 Å². The lowest BCUT2D eigenvalue weighted by atomic mass is 9.97. The maximum absolute atomic E-state index is 12.7. The van der Waals surface area contributed by atoms with Gasteiger partial charge in [0.15, 0.2) is 5.82 Å². The number of nitrogens with zero attached hydrogens (tertiary/aromatic N) is 3. The highest BCUT2D eigenvalue weighted by atomic mass is 32.2. The summed E-state index contributed by atoms with van der Waals surface area (Å²) >= 11 is 1.61. The first-order valence-corrected chi connectivity index (χ1v) is 10.6. The van der Waals surface area contributed by atoms with Crippen molar-refractivity contribution in [3.05, 3.63) is 66.4 Å². The number of aryl methyl sites for hydroxylation is 1. The SMILES string of the molecule is Cc1cccc(Sc2nccnc2N2CCCC(C(=O)NCc3ccco3)C2)c1. The lowest BCUT2D eigenvalue weighted by Crippen LogP contribution is -2.43. The molecule has 1 N–H and O–H groups in total. The molecule has 0 radical (unpaired) electrons. The Morgan fingerprint density at radius 1 is 1.28 bits per heavy atom. The number of amides is 1. The van der Waals surface area contributed by atoms with Crippen LogP contribution in [0.25, 0.3) is 0 Å². The molecule has 1 atom stereocenters. The number of hydrogen-bond donors (Lipinski definition) is 1. The first-order chi connectivity index (χ1) is 14.2. The smallest absolute Gasteiger partial charge is 0.225 e. The summed E-state index contributed by atoms with van der Waals surface area (Å²) in [4.78, 5) is 25.1. The normalized spacial score (nSPS) is 16.6. The van der Waals surface area contributed by atoms with Crippen molar-refractivity contribution in [1.29, 1.82) is 0 Å². The molecule has 1 amide bonds. The van der Waals surface area contributed by atoms with E-state index in [-0.39, 0.29) is 11.8 Å². The molecule has 4 rings (SSSR count). The molecular weight excluding hydrogens is 384 g/mol. The number of furan rings is 1. The number of rotatable bonds is 6. The fraction of sp³-hybridized carbons (Fsp3) is 0.318. The summed E-state index contributed by atoms with van der Waals surface area (Å²) in [6.45, 7) is 4.02. The van der Waals surface area contributed by atoms with Gasteiger partial charge in [0.2, 0.25) is 5.91 Å². The monoisotopic (exact) mass is 408 g/mol. The molecular formula is C22H24N4O2S. The van der Waals surface area contributed by atoms with E-state index in [1.165, 1.54) is 5.56 Å². The molecule has 150 valence electrons. The molecule has 6 nitrogen and oxygen atoms in total. The van der Waals surface area contributed by atoms with Crippen LogP contribution in [0.2, 0.25) is 0 Å². The van der Waals surface area contributed by atoms with Crippen LogP contribution in [0.4, 0.5) is 5.82 Å². The highest BCUT2D eigenvalue weighted by Crippen LogP contribution is 2.34. The van der Waals surface area contributed by atoms with Crippen LogP contribution >= 0.6 is 11.8 Å².